The highest BCUT2D eigenvalue weighted by Gasteiger charge is 2.26. The molecule has 0 aromatic heterocycles. The Balaban J connectivity index is 1.76. The summed E-state index contributed by atoms with van der Waals surface area (Å²) >= 11 is 5.96. The van der Waals surface area contributed by atoms with Crippen LogP contribution in [0.3, 0.4) is 0 Å². The number of carbonyl (C=O) groups excluding carboxylic acids is 2. The molecule has 1 fully saturated rings. The number of nitrogens with one attached hydrogen (secondary N) is 1. The van der Waals surface area contributed by atoms with Crippen molar-refractivity contribution in [3.8, 4) is 0 Å². The number of benzene rings is 2. The van der Waals surface area contributed by atoms with Crippen molar-refractivity contribution in [2.75, 3.05) is 38.1 Å². The maximum Gasteiger partial charge on any atom is 0.270 e. The Labute approximate surface area is 166 Å². The van der Waals surface area contributed by atoms with Crippen molar-refractivity contribution in [1.82, 2.24) is 10.2 Å². The average Bonchev–Trinajstić information content (AvgIpc) is 2.72. The predicted molar refractivity (Wildman–Crippen MR) is 106 cm³/mol. The standard InChI is InChI=1S/C19H19ClN4O4/c1-21-18(25)16-12-15(24(27)28)5-6-17(16)22-7-9-23(10-8-22)19(26)13-3-2-4-14(20)11-13/h2-6,11-12H,7-10H2,1H3,(H,21,25). The minimum atomic E-state index is -0.530. The Morgan fingerprint density at radius 3 is 2.43 bits per heavy atom. The molecule has 0 aliphatic carbocycles. The van der Waals surface area contributed by atoms with Gasteiger partial charge in [-0.25, -0.2) is 0 Å². The molecule has 0 spiro atoms. The molecule has 2 aromatic rings. The second kappa shape index (κ2) is 8.26. The molecule has 2 amide bonds. The number of nitro benzene ring substituents is 1. The normalized spacial score (nSPS) is 13.9. The lowest BCUT2D eigenvalue weighted by atomic mass is 10.1. The molecule has 28 heavy (non-hydrogen) atoms. The third-order valence-electron chi connectivity index (χ3n) is 4.64. The Morgan fingerprint density at radius 1 is 1.11 bits per heavy atom. The van der Waals surface area contributed by atoms with Crippen molar-refractivity contribution in [3.63, 3.8) is 0 Å². The van der Waals surface area contributed by atoms with E-state index in [4.69, 9.17) is 11.6 Å². The Morgan fingerprint density at radius 2 is 1.82 bits per heavy atom. The zero-order valence-electron chi connectivity index (χ0n) is 15.2. The van der Waals surface area contributed by atoms with E-state index in [1.807, 2.05) is 4.90 Å². The summed E-state index contributed by atoms with van der Waals surface area (Å²) in [6, 6.07) is 11.0. The van der Waals surface area contributed by atoms with Crippen molar-refractivity contribution < 1.29 is 14.5 Å². The SMILES string of the molecule is CNC(=O)c1cc([N+](=O)[O-])ccc1N1CCN(C(=O)c2cccc(Cl)c2)CC1. The maximum atomic E-state index is 12.6. The van der Waals surface area contributed by atoms with Crippen LogP contribution in [-0.4, -0.2) is 54.9 Å². The number of rotatable bonds is 4. The Hall–Kier alpha value is -3.13. The van der Waals surface area contributed by atoms with E-state index in [-0.39, 0.29) is 17.2 Å². The number of carbonyl (C=O) groups is 2. The molecular weight excluding hydrogens is 384 g/mol. The van der Waals surface area contributed by atoms with Gasteiger partial charge >= 0.3 is 0 Å². The molecule has 1 N–H and O–H groups in total. The molecule has 0 bridgehead atoms. The number of nitro groups is 1. The molecule has 3 rings (SSSR count). The van der Waals surface area contributed by atoms with Gasteiger partial charge in [-0.05, 0) is 24.3 Å². The fourth-order valence-corrected chi connectivity index (χ4v) is 3.37. The van der Waals surface area contributed by atoms with Crippen molar-refractivity contribution in [1.29, 1.82) is 0 Å². The van der Waals surface area contributed by atoms with Crippen molar-refractivity contribution in [3.05, 3.63) is 68.7 Å². The topological polar surface area (TPSA) is 95.8 Å². The number of hydrogen-bond donors (Lipinski definition) is 1. The Bertz CT molecular complexity index is 926. The third-order valence-corrected chi connectivity index (χ3v) is 4.88. The van der Waals surface area contributed by atoms with Crippen LogP contribution in [0.25, 0.3) is 0 Å². The zero-order valence-corrected chi connectivity index (χ0v) is 16.0. The molecule has 9 heteroatoms. The zero-order chi connectivity index (χ0) is 20.3. The Kier molecular flexibility index (Phi) is 5.79. The molecule has 0 atom stereocenters. The first-order chi connectivity index (χ1) is 13.4. The van der Waals surface area contributed by atoms with Gasteiger partial charge < -0.3 is 15.1 Å². The number of halogens is 1. The average molecular weight is 403 g/mol. The highest BCUT2D eigenvalue weighted by molar-refractivity contribution is 6.30. The van der Waals surface area contributed by atoms with Crippen LogP contribution in [0.15, 0.2) is 42.5 Å². The maximum absolute atomic E-state index is 12.6. The number of hydrogen-bond acceptors (Lipinski definition) is 5. The van der Waals surface area contributed by atoms with Crippen LogP contribution < -0.4 is 10.2 Å². The highest BCUT2D eigenvalue weighted by atomic mass is 35.5. The first-order valence-corrected chi connectivity index (χ1v) is 9.09. The fraction of sp³-hybridized carbons (Fsp3) is 0.263. The minimum Gasteiger partial charge on any atom is -0.367 e. The van der Waals surface area contributed by atoms with Gasteiger partial charge in [0.05, 0.1) is 16.2 Å². The van der Waals surface area contributed by atoms with Crippen LogP contribution >= 0.6 is 11.6 Å². The summed E-state index contributed by atoms with van der Waals surface area (Å²) in [5.74, 6) is -0.492. The molecule has 0 radical (unpaired) electrons. The quantitative estimate of drug-likeness (QED) is 0.626. The monoisotopic (exact) mass is 402 g/mol. The van der Waals surface area contributed by atoms with Crippen LogP contribution in [0.5, 0.6) is 0 Å². The number of non-ortho nitro benzene ring substituents is 1. The fourth-order valence-electron chi connectivity index (χ4n) is 3.18. The summed E-state index contributed by atoms with van der Waals surface area (Å²) in [6.45, 7) is 1.95. The predicted octanol–water partition coefficient (Wildman–Crippen LogP) is 2.57. The van der Waals surface area contributed by atoms with Gasteiger partial charge in [0, 0.05) is 55.9 Å². The summed E-state index contributed by atoms with van der Waals surface area (Å²) in [6.07, 6.45) is 0. The number of nitrogens with zero attached hydrogens (tertiary/aromatic N) is 3. The molecule has 8 nitrogen and oxygen atoms in total. The molecule has 0 unspecified atom stereocenters. The van der Waals surface area contributed by atoms with E-state index in [1.54, 1.807) is 35.2 Å². The lowest BCUT2D eigenvalue weighted by molar-refractivity contribution is -0.384. The van der Waals surface area contributed by atoms with E-state index in [0.717, 1.165) is 0 Å². The molecule has 2 aromatic carbocycles. The van der Waals surface area contributed by atoms with Gasteiger partial charge in [-0.1, -0.05) is 17.7 Å². The number of anilines is 1. The van der Waals surface area contributed by atoms with Gasteiger partial charge in [-0.15, -0.1) is 0 Å². The largest absolute Gasteiger partial charge is 0.367 e. The number of piperazine rings is 1. The summed E-state index contributed by atoms with van der Waals surface area (Å²) in [5.41, 5.74) is 1.24. The van der Waals surface area contributed by atoms with Gasteiger partial charge in [0.15, 0.2) is 0 Å². The molecule has 1 aliphatic rings. The van der Waals surface area contributed by atoms with Gasteiger partial charge in [-0.3, -0.25) is 19.7 Å². The van der Waals surface area contributed by atoms with Crippen LogP contribution in [0.4, 0.5) is 11.4 Å². The van der Waals surface area contributed by atoms with E-state index in [0.29, 0.717) is 42.5 Å². The van der Waals surface area contributed by atoms with E-state index >= 15 is 0 Å². The summed E-state index contributed by atoms with van der Waals surface area (Å²) in [7, 11) is 1.48. The van der Waals surface area contributed by atoms with Gasteiger partial charge in [0.25, 0.3) is 17.5 Å². The number of amides is 2. The first-order valence-electron chi connectivity index (χ1n) is 8.71. The van der Waals surface area contributed by atoms with Gasteiger partial charge in [0.2, 0.25) is 0 Å². The van der Waals surface area contributed by atoms with Crippen molar-refractivity contribution >= 4 is 34.8 Å². The highest BCUT2D eigenvalue weighted by Crippen LogP contribution is 2.27. The van der Waals surface area contributed by atoms with Gasteiger partial charge in [0.1, 0.15) is 0 Å². The summed E-state index contributed by atoms with van der Waals surface area (Å²) in [4.78, 5) is 39.0. The smallest absolute Gasteiger partial charge is 0.270 e. The molecule has 1 aliphatic heterocycles. The van der Waals surface area contributed by atoms with Crippen LogP contribution in [0.2, 0.25) is 5.02 Å². The lowest BCUT2D eigenvalue weighted by Gasteiger charge is -2.36. The van der Waals surface area contributed by atoms with Crippen molar-refractivity contribution in [2.24, 2.45) is 0 Å². The first kappa shape index (κ1) is 19.6. The molecule has 1 heterocycles. The summed E-state index contributed by atoms with van der Waals surface area (Å²) in [5, 5.41) is 14.1. The molecule has 146 valence electrons. The van der Waals surface area contributed by atoms with E-state index < -0.39 is 10.8 Å². The summed E-state index contributed by atoms with van der Waals surface area (Å²) < 4.78 is 0. The van der Waals surface area contributed by atoms with Crippen LogP contribution in [-0.2, 0) is 0 Å². The second-order valence-electron chi connectivity index (χ2n) is 6.33. The van der Waals surface area contributed by atoms with Crippen LogP contribution in [0.1, 0.15) is 20.7 Å². The van der Waals surface area contributed by atoms with Crippen LogP contribution in [0, 0.1) is 10.1 Å². The van der Waals surface area contributed by atoms with Gasteiger partial charge in [-0.2, -0.15) is 0 Å². The molecule has 1 saturated heterocycles. The van der Waals surface area contributed by atoms with Crippen molar-refractivity contribution in [2.45, 2.75) is 0 Å². The molecular formula is C19H19ClN4O4. The van der Waals surface area contributed by atoms with E-state index in [9.17, 15) is 19.7 Å². The molecule has 0 saturated carbocycles. The minimum absolute atomic E-state index is 0.0997. The lowest BCUT2D eigenvalue weighted by Crippen LogP contribution is -2.49. The third kappa shape index (κ3) is 4.07. The van der Waals surface area contributed by atoms with E-state index in [1.165, 1.54) is 19.2 Å². The second-order valence-corrected chi connectivity index (χ2v) is 6.76. The van der Waals surface area contributed by atoms with E-state index in [2.05, 4.69) is 5.32 Å².